The molecule has 6 nitrogen and oxygen atoms in total. The molecule has 1 amide bonds. The molecular formula is C11H18ClN3O3S. The Morgan fingerprint density at radius 2 is 2.11 bits per heavy atom. The molecule has 0 bridgehead atoms. The first kappa shape index (κ1) is 16.0. The normalized spacial score (nSPS) is 11.6. The second kappa shape index (κ2) is 6.38. The average molecular weight is 308 g/mol. The van der Waals surface area contributed by atoms with Gasteiger partial charge in [-0.2, -0.15) is 0 Å². The summed E-state index contributed by atoms with van der Waals surface area (Å²) in [4.78, 5) is 17.0. The lowest BCUT2D eigenvalue weighted by Gasteiger charge is -2.11. The maximum Gasteiger partial charge on any atom is 0.280 e. The number of amides is 1. The van der Waals surface area contributed by atoms with Crippen LogP contribution in [0.5, 0.6) is 0 Å². The Morgan fingerprint density at radius 3 is 2.58 bits per heavy atom. The molecule has 1 aromatic heterocycles. The molecule has 0 aromatic carbocycles. The Hall–Kier alpha value is -1.08. The van der Waals surface area contributed by atoms with Crippen molar-refractivity contribution in [3.05, 3.63) is 12.0 Å². The Morgan fingerprint density at radius 1 is 1.47 bits per heavy atom. The molecule has 0 spiro atoms. The lowest BCUT2D eigenvalue weighted by Crippen LogP contribution is -2.23. The monoisotopic (exact) mass is 307 g/mol. The van der Waals surface area contributed by atoms with Gasteiger partial charge in [-0.1, -0.05) is 6.92 Å². The third kappa shape index (κ3) is 4.50. The third-order valence-electron chi connectivity index (χ3n) is 2.63. The highest BCUT2D eigenvalue weighted by molar-refractivity contribution is 8.13. The van der Waals surface area contributed by atoms with Gasteiger partial charge in [-0.25, -0.2) is 13.4 Å². The van der Waals surface area contributed by atoms with E-state index in [9.17, 15) is 13.2 Å². The largest absolute Gasteiger partial charge is 0.349 e. The summed E-state index contributed by atoms with van der Waals surface area (Å²) in [6, 6.07) is 0. The first-order valence-electron chi connectivity index (χ1n) is 5.96. The zero-order chi connectivity index (χ0) is 14.6. The molecule has 1 aromatic rings. The molecule has 0 saturated heterocycles. The van der Waals surface area contributed by atoms with Crippen molar-refractivity contribution >= 4 is 25.6 Å². The predicted octanol–water partition coefficient (Wildman–Crippen LogP) is 1.24. The molecule has 1 heterocycles. The number of hydrogen-bond acceptors (Lipinski definition) is 4. The molecule has 0 aliphatic rings. The van der Waals surface area contributed by atoms with Crippen LogP contribution in [0.4, 0.5) is 0 Å². The molecule has 0 N–H and O–H groups in total. The number of halogens is 1. The van der Waals surface area contributed by atoms with Crippen molar-refractivity contribution in [1.82, 2.24) is 14.5 Å². The zero-order valence-electron chi connectivity index (χ0n) is 11.3. The molecule has 1 rings (SSSR count). The van der Waals surface area contributed by atoms with E-state index in [1.807, 2.05) is 6.92 Å². The van der Waals surface area contributed by atoms with E-state index in [0.717, 1.165) is 6.42 Å². The number of nitrogens with zero attached hydrogens (tertiary/aromatic N) is 3. The van der Waals surface area contributed by atoms with Crippen molar-refractivity contribution in [2.45, 2.75) is 37.8 Å². The molecular weight excluding hydrogens is 290 g/mol. The van der Waals surface area contributed by atoms with E-state index in [-0.39, 0.29) is 10.9 Å². The summed E-state index contributed by atoms with van der Waals surface area (Å²) in [7, 11) is 4.80. The van der Waals surface area contributed by atoms with Gasteiger partial charge < -0.3 is 9.47 Å². The van der Waals surface area contributed by atoms with E-state index in [4.69, 9.17) is 10.7 Å². The van der Waals surface area contributed by atoms with E-state index in [0.29, 0.717) is 25.2 Å². The van der Waals surface area contributed by atoms with Crippen LogP contribution in [0, 0.1) is 0 Å². The summed E-state index contributed by atoms with van der Waals surface area (Å²) in [5.41, 5.74) is 0. The molecule has 0 unspecified atom stereocenters. The Bertz CT molecular complexity index is 552. The van der Waals surface area contributed by atoms with Gasteiger partial charge in [-0.3, -0.25) is 4.79 Å². The van der Waals surface area contributed by atoms with Crippen LogP contribution in [-0.2, 0) is 26.8 Å². The number of aromatic nitrogens is 2. The standard InChI is InChI=1S/C11H18ClN3O3S/c1-4-5-9-13-10(19(12,17)18)8-15(9)7-6-11(16)14(2)3/h8H,4-7H2,1-3H3. The summed E-state index contributed by atoms with van der Waals surface area (Å²) in [6.45, 7) is 2.37. The van der Waals surface area contributed by atoms with Gasteiger partial charge in [0.2, 0.25) is 5.91 Å². The van der Waals surface area contributed by atoms with E-state index >= 15 is 0 Å². The van der Waals surface area contributed by atoms with Crippen molar-refractivity contribution in [2.24, 2.45) is 0 Å². The average Bonchev–Trinajstić information content (AvgIpc) is 2.69. The van der Waals surface area contributed by atoms with Gasteiger partial charge in [-0.05, 0) is 6.42 Å². The summed E-state index contributed by atoms with van der Waals surface area (Å²) in [6.07, 6.45) is 3.15. The smallest absolute Gasteiger partial charge is 0.280 e. The summed E-state index contributed by atoms with van der Waals surface area (Å²) in [5.74, 6) is 0.611. The van der Waals surface area contributed by atoms with Crippen molar-refractivity contribution in [3.63, 3.8) is 0 Å². The van der Waals surface area contributed by atoms with Crippen LogP contribution < -0.4 is 0 Å². The molecule has 8 heteroatoms. The molecule has 0 saturated carbocycles. The van der Waals surface area contributed by atoms with E-state index in [2.05, 4.69) is 4.98 Å². The van der Waals surface area contributed by atoms with Crippen LogP contribution in [0.2, 0.25) is 0 Å². The minimum Gasteiger partial charge on any atom is -0.349 e. The van der Waals surface area contributed by atoms with Gasteiger partial charge in [0.15, 0.2) is 5.03 Å². The highest BCUT2D eigenvalue weighted by Crippen LogP contribution is 2.16. The highest BCUT2D eigenvalue weighted by Gasteiger charge is 2.18. The number of rotatable bonds is 6. The first-order chi connectivity index (χ1) is 8.75. The fourth-order valence-electron chi connectivity index (χ4n) is 1.60. The second-order valence-electron chi connectivity index (χ2n) is 4.41. The maximum absolute atomic E-state index is 11.5. The summed E-state index contributed by atoms with van der Waals surface area (Å²) >= 11 is 0. The van der Waals surface area contributed by atoms with Gasteiger partial charge in [0.1, 0.15) is 5.82 Å². The van der Waals surface area contributed by atoms with Crippen LogP contribution in [0.25, 0.3) is 0 Å². The Labute approximate surface area is 117 Å². The Kier molecular flexibility index (Phi) is 5.37. The number of imidazole rings is 1. The van der Waals surface area contributed by atoms with Crippen LogP contribution in [0.1, 0.15) is 25.6 Å². The van der Waals surface area contributed by atoms with Gasteiger partial charge >= 0.3 is 0 Å². The van der Waals surface area contributed by atoms with Gasteiger partial charge in [0.25, 0.3) is 9.05 Å². The van der Waals surface area contributed by atoms with E-state index in [1.54, 1.807) is 18.7 Å². The lowest BCUT2D eigenvalue weighted by molar-refractivity contribution is -0.128. The number of hydrogen-bond donors (Lipinski definition) is 0. The fourth-order valence-corrected chi connectivity index (χ4v) is 2.29. The maximum atomic E-state index is 11.5. The molecule has 19 heavy (non-hydrogen) atoms. The van der Waals surface area contributed by atoms with Crippen LogP contribution in [0.3, 0.4) is 0 Å². The second-order valence-corrected chi connectivity index (χ2v) is 6.93. The minimum absolute atomic E-state index is 0.0218. The lowest BCUT2D eigenvalue weighted by atomic mass is 10.3. The number of aryl methyl sites for hydroxylation is 2. The fraction of sp³-hybridized carbons (Fsp3) is 0.636. The zero-order valence-corrected chi connectivity index (χ0v) is 12.8. The highest BCUT2D eigenvalue weighted by atomic mass is 35.7. The topological polar surface area (TPSA) is 72.3 Å². The summed E-state index contributed by atoms with van der Waals surface area (Å²) < 4.78 is 24.2. The van der Waals surface area contributed by atoms with Crippen LogP contribution in [0.15, 0.2) is 11.2 Å². The number of carbonyl (C=O) groups is 1. The van der Waals surface area contributed by atoms with Crippen molar-refractivity contribution in [3.8, 4) is 0 Å². The number of carbonyl (C=O) groups excluding carboxylic acids is 1. The summed E-state index contributed by atoms with van der Waals surface area (Å²) in [5, 5.41) is -0.157. The molecule has 0 fully saturated rings. The molecule has 0 atom stereocenters. The first-order valence-corrected chi connectivity index (χ1v) is 8.27. The Balaban J connectivity index is 2.92. The molecule has 0 aliphatic heterocycles. The van der Waals surface area contributed by atoms with Gasteiger partial charge in [0.05, 0.1) is 0 Å². The van der Waals surface area contributed by atoms with Gasteiger partial charge in [0, 0.05) is 50.4 Å². The molecule has 0 radical (unpaired) electrons. The van der Waals surface area contributed by atoms with E-state index in [1.165, 1.54) is 11.1 Å². The van der Waals surface area contributed by atoms with Crippen LogP contribution >= 0.6 is 10.7 Å². The van der Waals surface area contributed by atoms with Gasteiger partial charge in [-0.15, -0.1) is 0 Å². The van der Waals surface area contributed by atoms with Crippen molar-refractivity contribution in [1.29, 1.82) is 0 Å². The SMILES string of the molecule is CCCc1nc(S(=O)(=O)Cl)cn1CCC(=O)N(C)C. The third-order valence-corrected chi connectivity index (χ3v) is 3.80. The molecule has 0 aliphatic carbocycles. The van der Waals surface area contributed by atoms with Crippen molar-refractivity contribution in [2.75, 3.05) is 14.1 Å². The quantitative estimate of drug-likeness (QED) is 0.741. The molecule has 108 valence electrons. The predicted molar refractivity (Wildman–Crippen MR) is 72.6 cm³/mol. The van der Waals surface area contributed by atoms with Crippen LogP contribution in [-0.4, -0.2) is 42.9 Å². The van der Waals surface area contributed by atoms with E-state index < -0.39 is 9.05 Å². The minimum atomic E-state index is -3.83. The van der Waals surface area contributed by atoms with Crippen molar-refractivity contribution < 1.29 is 13.2 Å².